The number of benzene rings is 15. The Labute approximate surface area is 568 Å². The number of rotatable bonds is 8. The maximum Gasteiger partial charge on any atom is 0.252 e. The zero-order valence-electron chi connectivity index (χ0n) is 53.2. The van der Waals surface area contributed by atoms with Crippen LogP contribution in [-0.2, 0) is 0 Å². The Hall–Kier alpha value is -12.8. The highest BCUT2D eigenvalue weighted by Crippen LogP contribution is 2.56. The summed E-state index contributed by atoms with van der Waals surface area (Å²) >= 11 is 0. The molecule has 2 aromatic heterocycles. The summed E-state index contributed by atoms with van der Waals surface area (Å²) in [6.45, 7) is -0.502. The van der Waals surface area contributed by atoms with Gasteiger partial charge in [-0.2, -0.15) is 0 Å². The summed E-state index contributed by atoms with van der Waals surface area (Å²) in [6, 6.07) is 128. The van der Waals surface area contributed by atoms with Crippen LogP contribution in [0.3, 0.4) is 0 Å². The molecule has 4 aliphatic rings. The second kappa shape index (κ2) is 21.4. The smallest absolute Gasteiger partial charge is 0.252 e. The van der Waals surface area contributed by atoms with Gasteiger partial charge in [0.25, 0.3) is 13.4 Å². The molecule has 0 unspecified atom stereocenters. The van der Waals surface area contributed by atoms with Crippen molar-refractivity contribution in [2.75, 3.05) is 19.6 Å². The van der Waals surface area contributed by atoms with Crippen LogP contribution in [0.5, 0.6) is 0 Å². The van der Waals surface area contributed by atoms with E-state index in [4.69, 9.17) is 4.42 Å². The minimum atomic E-state index is -0.258. The fraction of sp³-hybridized carbons (Fsp3) is 0. The van der Waals surface area contributed by atoms with Crippen LogP contribution in [0.4, 0.5) is 68.2 Å². The van der Waals surface area contributed by atoms with E-state index < -0.39 is 0 Å². The Morgan fingerprint density at radius 2 is 0.673 bits per heavy atom. The first-order valence-corrected chi connectivity index (χ1v) is 33.9. The van der Waals surface area contributed by atoms with E-state index in [-0.39, 0.29) is 13.4 Å². The molecular weight excluding hydrogens is 1190 g/mol. The summed E-state index contributed by atoms with van der Waals surface area (Å²) in [5, 5.41) is 4.57. The molecule has 6 nitrogen and oxygen atoms in total. The Morgan fingerprint density at radius 1 is 0.235 bits per heavy atom. The first kappa shape index (κ1) is 54.6. The second-order valence-corrected chi connectivity index (χ2v) is 26.2. The fourth-order valence-electron chi connectivity index (χ4n) is 17.2. The molecule has 454 valence electrons. The highest BCUT2D eigenvalue weighted by Gasteiger charge is 2.50. The highest BCUT2D eigenvalue weighted by molar-refractivity contribution is 7.03. The SMILES string of the molecule is c1ccc(-c2ccccc2N2c3cc4c(cc3B3c5ccccc5N(c5ccccc5)c5c3c2cc2c5c3ccccc3n2-c2ccccc2)B2c3ccccc3N(c3ccccc3)c3c2c(cc2oc5ccccc5c32)N4c2c(-c3ccccc3)cccc2-c2ccccc2)cc1. The number of hydrogen-bond acceptors (Lipinski definition) is 5. The first-order valence-electron chi connectivity index (χ1n) is 33.9. The third-order valence-corrected chi connectivity index (χ3v) is 21.1. The third-order valence-electron chi connectivity index (χ3n) is 21.1. The van der Waals surface area contributed by atoms with Gasteiger partial charge in [-0.15, -0.1) is 0 Å². The lowest BCUT2D eigenvalue weighted by molar-refractivity contribution is 0.669. The average molecular weight is 1250 g/mol. The van der Waals surface area contributed by atoms with Gasteiger partial charge in [0.05, 0.1) is 39.2 Å². The van der Waals surface area contributed by atoms with Crippen LogP contribution in [-0.4, -0.2) is 18.0 Å². The lowest BCUT2D eigenvalue weighted by atomic mass is 9.30. The Kier molecular flexibility index (Phi) is 11.9. The number of aromatic nitrogens is 1. The van der Waals surface area contributed by atoms with E-state index in [1.54, 1.807) is 0 Å². The predicted molar refractivity (Wildman–Crippen MR) is 412 cm³/mol. The predicted octanol–water partition coefficient (Wildman–Crippen LogP) is 19.8. The van der Waals surface area contributed by atoms with Crippen LogP contribution >= 0.6 is 0 Å². The molecule has 8 heteroatoms. The van der Waals surface area contributed by atoms with Gasteiger partial charge >= 0.3 is 0 Å². The van der Waals surface area contributed by atoms with E-state index in [9.17, 15) is 0 Å². The van der Waals surface area contributed by atoms with Gasteiger partial charge in [-0.3, -0.25) is 0 Å². The van der Waals surface area contributed by atoms with Crippen molar-refractivity contribution in [1.29, 1.82) is 0 Å². The van der Waals surface area contributed by atoms with Gasteiger partial charge in [-0.05, 0) is 128 Å². The van der Waals surface area contributed by atoms with Crippen molar-refractivity contribution in [2.45, 2.75) is 0 Å². The first-order chi connectivity index (χ1) is 48.7. The summed E-state index contributed by atoms with van der Waals surface area (Å²) < 4.78 is 9.81. The van der Waals surface area contributed by atoms with E-state index >= 15 is 0 Å². The summed E-state index contributed by atoms with van der Waals surface area (Å²) in [5.74, 6) is 0. The fourth-order valence-corrected chi connectivity index (χ4v) is 17.2. The van der Waals surface area contributed by atoms with Crippen molar-refractivity contribution < 1.29 is 4.42 Å². The molecule has 0 N–H and O–H groups in total. The van der Waals surface area contributed by atoms with Crippen molar-refractivity contribution in [3.63, 3.8) is 0 Å². The standard InChI is InChI=1S/C90H57B2N5O/c1-7-30-58(31-8-1)64-42-19-24-49-73(64)96-77-55-78-72(54-71(77)91-69-47-22-26-51-75(69)94(62-38-15-5-16-39-62)89-84-67-43-20-25-50-74(67)93(61-36-13-4-14-37-61)79(84)56-80(96)86(89)91)92-70-48-23-27-52-76(70)95(63-40-17-6-18-41-63)90-85-68-44-21-28-53-82(68)98-83(85)57-81(87(90)92)97(78)88-65(59-32-9-2-10-33-59)45-29-46-66(88)60-34-11-3-12-35-60/h1-57H. The van der Waals surface area contributed by atoms with Crippen LogP contribution in [0.15, 0.2) is 350 Å². The topological polar surface area (TPSA) is 31.0 Å². The monoisotopic (exact) mass is 1250 g/mol. The number of furan rings is 1. The second-order valence-electron chi connectivity index (χ2n) is 26.2. The molecule has 0 aliphatic carbocycles. The van der Waals surface area contributed by atoms with Gasteiger partial charge in [-0.1, -0.05) is 261 Å². The lowest BCUT2D eigenvalue weighted by Gasteiger charge is -2.48. The van der Waals surface area contributed by atoms with Gasteiger partial charge in [-0.25, -0.2) is 0 Å². The Bertz CT molecular complexity index is 6040. The molecule has 17 aromatic rings. The highest BCUT2D eigenvalue weighted by atomic mass is 16.3. The molecule has 4 aliphatic heterocycles. The molecule has 6 heterocycles. The summed E-state index contributed by atoms with van der Waals surface area (Å²) in [5.41, 5.74) is 32.5. The zero-order chi connectivity index (χ0) is 64.1. The van der Waals surface area contributed by atoms with Crippen LogP contribution in [0.25, 0.3) is 82.8 Å². The maximum absolute atomic E-state index is 7.31. The molecule has 21 rings (SSSR count). The average Bonchev–Trinajstić information content (AvgIpc) is 1.02. The summed E-state index contributed by atoms with van der Waals surface area (Å²) in [4.78, 5) is 10.4. The van der Waals surface area contributed by atoms with Gasteiger partial charge in [0.2, 0.25) is 0 Å². The number of nitrogens with zero attached hydrogens (tertiary/aromatic N) is 5. The van der Waals surface area contributed by atoms with Crippen LogP contribution in [0.2, 0.25) is 0 Å². The number of hydrogen-bond donors (Lipinski definition) is 0. The number of fused-ring (bicyclic) bond motifs is 16. The van der Waals surface area contributed by atoms with Crippen LogP contribution in [0, 0.1) is 0 Å². The van der Waals surface area contributed by atoms with E-state index in [2.05, 4.69) is 370 Å². The quantitative estimate of drug-likeness (QED) is 0.142. The molecule has 0 radical (unpaired) electrons. The van der Waals surface area contributed by atoms with Crippen molar-refractivity contribution in [3.05, 3.63) is 346 Å². The van der Waals surface area contributed by atoms with Gasteiger partial charge < -0.3 is 28.6 Å². The minimum absolute atomic E-state index is 0.245. The molecule has 0 saturated carbocycles. The third kappa shape index (κ3) is 7.82. The van der Waals surface area contributed by atoms with E-state index in [0.717, 1.165) is 135 Å². The molecule has 0 spiro atoms. The summed E-state index contributed by atoms with van der Waals surface area (Å²) in [6.07, 6.45) is 0. The largest absolute Gasteiger partial charge is 0.456 e. The van der Waals surface area contributed by atoms with E-state index in [0.29, 0.717) is 0 Å². The normalized spacial score (nSPS) is 13.2. The summed E-state index contributed by atoms with van der Waals surface area (Å²) in [7, 11) is 0. The molecule has 0 atom stereocenters. The number of anilines is 12. The lowest BCUT2D eigenvalue weighted by Crippen LogP contribution is -2.65. The Morgan fingerprint density at radius 3 is 1.27 bits per heavy atom. The zero-order valence-corrected chi connectivity index (χ0v) is 53.2. The van der Waals surface area contributed by atoms with E-state index in [1.165, 1.54) is 49.2 Å². The molecule has 98 heavy (non-hydrogen) atoms. The molecular formula is C90H57B2N5O. The molecule has 0 saturated heterocycles. The molecule has 0 fully saturated rings. The van der Waals surface area contributed by atoms with Crippen LogP contribution < -0.4 is 52.4 Å². The van der Waals surface area contributed by atoms with E-state index in [1.807, 2.05) is 0 Å². The Balaban J connectivity index is 0.974. The van der Waals surface area contributed by atoms with Gasteiger partial charge in [0.15, 0.2) is 0 Å². The number of para-hydroxylation sites is 9. The van der Waals surface area contributed by atoms with Gasteiger partial charge in [0.1, 0.15) is 11.2 Å². The van der Waals surface area contributed by atoms with Crippen molar-refractivity contribution in [1.82, 2.24) is 4.57 Å². The maximum atomic E-state index is 7.31. The van der Waals surface area contributed by atoms with Crippen molar-refractivity contribution in [3.8, 4) is 39.1 Å². The van der Waals surface area contributed by atoms with Crippen molar-refractivity contribution >= 4 is 158 Å². The van der Waals surface area contributed by atoms with Crippen molar-refractivity contribution in [2.24, 2.45) is 0 Å². The molecule has 0 bridgehead atoms. The van der Waals surface area contributed by atoms with Crippen LogP contribution in [0.1, 0.15) is 0 Å². The minimum Gasteiger partial charge on any atom is -0.456 e. The molecule has 0 amide bonds. The van der Waals surface area contributed by atoms with Gasteiger partial charge in [0, 0.05) is 90.1 Å². The molecule has 15 aromatic carbocycles.